The third kappa shape index (κ3) is 3.55. The lowest BCUT2D eigenvalue weighted by Gasteiger charge is -2.26. The molecule has 3 heterocycles. The van der Waals surface area contributed by atoms with Crippen molar-refractivity contribution in [3.63, 3.8) is 0 Å². The SMILES string of the molecule is O=C1[C@@H](N2CCc3c(F)cccc32)CCN1c1ccc(S(=O)(=O)Nc2nccs2)cc1.[HH].[HH]. The van der Waals surface area contributed by atoms with Crippen molar-refractivity contribution in [2.75, 3.05) is 27.6 Å². The molecule has 0 saturated carbocycles. The number of aromatic nitrogens is 1. The van der Waals surface area contributed by atoms with E-state index in [4.69, 9.17) is 0 Å². The third-order valence-corrected chi connectivity index (χ3v) is 7.84. The lowest BCUT2D eigenvalue weighted by atomic mass is 10.1. The predicted molar refractivity (Wildman–Crippen MR) is 122 cm³/mol. The van der Waals surface area contributed by atoms with E-state index in [1.165, 1.54) is 35.7 Å². The summed E-state index contributed by atoms with van der Waals surface area (Å²) in [6.07, 6.45) is 2.74. The maximum Gasteiger partial charge on any atom is 0.263 e. The van der Waals surface area contributed by atoms with Gasteiger partial charge in [-0.1, -0.05) is 6.07 Å². The molecular weight excluding hydrogens is 439 g/mol. The number of sulfonamides is 1. The Morgan fingerprint density at radius 2 is 1.97 bits per heavy atom. The summed E-state index contributed by atoms with van der Waals surface area (Å²) in [6.45, 7) is 1.13. The molecule has 2 aliphatic heterocycles. The highest BCUT2D eigenvalue weighted by Gasteiger charge is 2.39. The molecule has 0 radical (unpaired) electrons. The van der Waals surface area contributed by atoms with Gasteiger partial charge in [0, 0.05) is 44.5 Å². The smallest absolute Gasteiger partial charge is 0.263 e. The molecule has 0 spiro atoms. The number of carbonyl (C=O) groups is 1. The van der Waals surface area contributed by atoms with E-state index in [0.717, 1.165) is 5.69 Å². The molecule has 0 aliphatic carbocycles. The summed E-state index contributed by atoms with van der Waals surface area (Å²) in [6, 6.07) is 10.8. The van der Waals surface area contributed by atoms with Gasteiger partial charge in [-0.2, -0.15) is 0 Å². The molecule has 3 aromatic rings. The number of amides is 1. The largest absolute Gasteiger partial charge is 0.359 e. The highest BCUT2D eigenvalue weighted by Crippen LogP contribution is 2.35. The summed E-state index contributed by atoms with van der Waals surface area (Å²) in [5, 5.41) is 1.98. The van der Waals surface area contributed by atoms with Crippen LogP contribution in [-0.2, 0) is 21.2 Å². The molecular formula is C21H23FN4O3S2. The van der Waals surface area contributed by atoms with Gasteiger partial charge in [-0.25, -0.2) is 17.8 Å². The Balaban J connectivity index is 0.00000153. The van der Waals surface area contributed by atoms with Gasteiger partial charge in [0.25, 0.3) is 10.0 Å². The maximum absolute atomic E-state index is 14.1. The van der Waals surface area contributed by atoms with Crippen LogP contribution in [0.5, 0.6) is 0 Å². The summed E-state index contributed by atoms with van der Waals surface area (Å²) in [7, 11) is -3.75. The van der Waals surface area contributed by atoms with Crippen LogP contribution in [0, 0.1) is 5.82 Å². The lowest BCUT2D eigenvalue weighted by Crippen LogP contribution is -2.41. The number of thiazole rings is 1. The molecule has 7 nitrogen and oxygen atoms in total. The fourth-order valence-electron chi connectivity index (χ4n) is 4.20. The van der Waals surface area contributed by atoms with Crippen molar-refractivity contribution in [2.45, 2.75) is 23.8 Å². The van der Waals surface area contributed by atoms with Crippen molar-refractivity contribution >= 4 is 43.8 Å². The quantitative estimate of drug-likeness (QED) is 0.625. The Hall–Kier alpha value is -2.98. The molecule has 1 amide bonds. The molecule has 2 aliphatic rings. The van der Waals surface area contributed by atoms with Crippen LogP contribution in [0.3, 0.4) is 0 Å². The first-order chi connectivity index (χ1) is 14.9. The van der Waals surface area contributed by atoms with Crippen LogP contribution < -0.4 is 14.5 Å². The number of fused-ring (bicyclic) bond motifs is 1. The number of rotatable bonds is 5. The van der Waals surface area contributed by atoms with Crippen LogP contribution >= 0.6 is 11.3 Å². The molecule has 1 saturated heterocycles. The Morgan fingerprint density at radius 1 is 1.16 bits per heavy atom. The van der Waals surface area contributed by atoms with Crippen LogP contribution in [0.1, 0.15) is 14.8 Å². The van der Waals surface area contributed by atoms with Gasteiger partial charge < -0.3 is 9.80 Å². The van der Waals surface area contributed by atoms with E-state index in [9.17, 15) is 17.6 Å². The molecule has 1 N–H and O–H groups in total. The van der Waals surface area contributed by atoms with E-state index in [0.29, 0.717) is 42.3 Å². The third-order valence-electron chi connectivity index (χ3n) is 5.67. The van der Waals surface area contributed by atoms with E-state index in [1.54, 1.807) is 28.5 Å². The monoisotopic (exact) mass is 462 g/mol. The van der Waals surface area contributed by atoms with Gasteiger partial charge in [0.2, 0.25) is 5.91 Å². The van der Waals surface area contributed by atoms with Gasteiger partial charge in [-0.05, 0) is 49.2 Å². The maximum atomic E-state index is 14.1. The van der Waals surface area contributed by atoms with Crippen LogP contribution in [0.4, 0.5) is 20.9 Å². The minimum Gasteiger partial charge on any atom is -0.359 e. The molecule has 5 rings (SSSR count). The average molecular weight is 463 g/mol. The Labute approximate surface area is 186 Å². The molecule has 1 aromatic heterocycles. The Kier molecular flexibility index (Phi) is 4.90. The van der Waals surface area contributed by atoms with Crippen molar-refractivity contribution in [2.24, 2.45) is 0 Å². The summed E-state index contributed by atoms with van der Waals surface area (Å²) >= 11 is 1.19. The zero-order valence-corrected chi connectivity index (χ0v) is 18.0. The van der Waals surface area contributed by atoms with Crippen molar-refractivity contribution in [1.82, 2.24) is 4.98 Å². The summed E-state index contributed by atoms with van der Waals surface area (Å²) in [5.74, 6) is -0.293. The summed E-state index contributed by atoms with van der Waals surface area (Å²) in [4.78, 5) is 20.8. The zero-order valence-electron chi connectivity index (χ0n) is 16.4. The van der Waals surface area contributed by atoms with Crippen LogP contribution in [0.2, 0.25) is 0 Å². The number of anilines is 3. The van der Waals surface area contributed by atoms with Gasteiger partial charge in [-0.3, -0.25) is 9.52 Å². The van der Waals surface area contributed by atoms with Gasteiger partial charge in [0.05, 0.1) is 4.90 Å². The van der Waals surface area contributed by atoms with E-state index >= 15 is 0 Å². The van der Waals surface area contributed by atoms with E-state index in [2.05, 4.69) is 9.71 Å². The van der Waals surface area contributed by atoms with Gasteiger partial charge in [0.15, 0.2) is 5.13 Å². The number of hydrogen-bond acceptors (Lipinski definition) is 6. The molecule has 1 atom stereocenters. The summed E-state index contributed by atoms with van der Waals surface area (Å²) in [5.41, 5.74) is 2.09. The second-order valence-corrected chi connectivity index (χ2v) is 9.99. The van der Waals surface area contributed by atoms with E-state index in [-0.39, 0.29) is 25.5 Å². The molecule has 31 heavy (non-hydrogen) atoms. The molecule has 1 fully saturated rings. The number of carbonyl (C=O) groups excluding carboxylic acids is 1. The van der Waals surface area contributed by atoms with Crippen molar-refractivity contribution in [1.29, 1.82) is 0 Å². The van der Waals surface area contributed by atoms with Gasteiger partial charge in [-0.15, -0.1) is 11.3 Å². The Morgan fingerprint density at radius 3 is 2.71 bits per heavy atom. The molecule has 10 heteroatoms. The fourth-order valence-corrected chi connectivity index (χ4v) is 5.99. The first-order valence-corrected chi connectivity index (χ1v) is 12.2. The average Bonchev–Trinajstić information content (AvgIpc) is 3.48. The second kappa shape index (κ2) is 7.61. The lowest BCUT2D eigenvalue weighted by molar-refractivity contribution is -0.118. The van der Waals surface area contributed by atoms with Crippen LogP contribution in [0.25, 0.3) is 0 Å². The zero-order chi connectivity index (χ0) is 21.6. The molecule has 2 aromatic carbocycles. The molecule has 164 valence electrons. The standard InChI is InChI=1S/C21H19FN4O3S2.2H2/c22-17-2-1-3-18-16(17)8-11-26(18)19-9-12-25(20(19)27)14-4-6-15(7-5-14)31(28,29)24-21-23-10-13-30-21;;/h1-7,10,13,19H,8-9,11-12H2,(H,23,24);2*1H/t19-;;/m0../s1. The Bertz CT molecular complexity index is 1240. The second-order valence-electron chi connectivity index (χ2n) is 7.41. The van der Waals surface area contributed by atoms with Crippen LogP contribution in [0.15, 0.2) is 58.9 Å². The van der Waals surface area contributed by atoms with Crippen LogP contribution in [-0.4, -0.2) is 38.4 Å². The normalized spacial score (nSPS) is 18.5. The van der Waals surface area contributed by atoms with E-state index in [1.807, 2.05) is 11.0 Å². The first kappa shape index (κ1) is 20.0. The minimum atomic E-state index is -3.75. The van der Waals surface area contributed by atoms with Crippen molar-refractivity contribution in [3.8, 4) is 0 Å². The number of benzene rings is 2. The highest BCUT2D eigenvalue weighted by molar-refractivity contribution is 7.93. The highest BCUT2D eigenvalue weighted by atomic mass is 32.2. The summed E-state index contributed by atoms with van der Waals surface area (Å²) < 4.78 is 41.5. The number of nitrogens with zero attached hydrogens (tertiary/aromatic N) is 3. The van der Waals surface area contributed by atoms with Crippen molar-refractivity contribution < 1.29 is 20.5 Å². The van der Waals surface area contributed by atoms with Gasteiger partial charge >= 0.3 is 0 Å². The number of hydrogen-bond donors (Lipinski definition) is 1. The minimum absolute atomic E-state index is 0. The van der Waals surface area contributed by atoms with Gasteiger partial charge in [0.1, 0.15) is 11.9 Å². The first-order valence-electron chi connectivity index (χ1n) is 9.82. The van der Waals surface area contributed by atoms with Crippen molar-refractivity contribution in [3.05, 3.63) is 65.4 Å². The number of halogens is 1. The number of nitrogens with one attached hydrogen (secondary N) is 1. The molecule has 0 bridgehead atoms. The fraction of sp³-hybridized carbons (Fsp3) is 0.238. The topological polar surface area (TPSA) is 82.6 Å². The van der Waals surface area contributed by atoms with E-state index < -0.39 is 10.0 Å². The molecule has 0 unspecified atom stereocenters. The predicted octanol–water partition coefficient (Wildman–Crippen LogP) is 3.74.